The summed E-state index contributed by atoms with van der Waals surface area (Å²) in [5, 5.41) is 25.4. The average molecular weight is 445 g/mol. The van der Waals surface area contributed by atoms with Crippen molar-refractivity contribution in [2.45, 2.75) is 56.6 Å². The lowest BCUT2D eigenvalue weighted by atomic mass is 9.95. The summed E-state index contributed by atoms with van der Waals surface area (Å²) in [7, 11) is 0. The van der Waals surface area contributed by atoms with E-state index in [-0.39, 0.29) is 12.0 Å². The van der Waals surface area contributed by atoms with Crippen molar-refractivity contribution in [3.8, 4) is 5.75 Å². The number of aromatic nitrogens is 3. The van der Waals surface area contributed by atoms with E-state index in [0.717, 1.165) is 18.1 Å². The molecule has 5 rings (SSSR count). The highest BCUT2D eigenvalue weighted by molar-refractivity contribution is 5.86. The lowest BCUT2D eigenvalue weighted by molar-refractivity contribution is -0.0170. The van der Waals surface area contributed by atoms with Gasteiger partial charge < -0.3 is 30.6 Å². The van der Waals surface area contributed by atoms with E-state index in [1.165, 1.54) is 18.5 Å². The highest BCUT2D eigenvalue weighted by atomic mass is 19.3. The Morgan fingerprint density at radius 2 is 2.06 bits per heavy atom. The molecule has 1 aliphatic carbocycles. The largest absolute Gasteiger partial charge is 0.487 e. The van der Waals surface area contributed by atoms with Gasteiger partial charge in [0.2, 0.25) is 0 Å². The maximum Gasteiger partial charge on any atom is 0.270 e. The molecule has 0 saturated heterocycles. The monoisotopic (exact) mass is 445 g/mol. The molecule has 1 fully saturated rings. The van der Waals surface area contributed by atoms with E-state index >= 15 is 0 Å². The number of nitrogens with one attached hydrogen (secondary N) is 1. The fraction of sp³-hybridized carbons (Fsp3) is 0.455. The van der Waals surface area contributed by atoms with Crippen molar-refractivity contribution in [1.29, 1.82) is 0 Å². The van der Waals surface area contributed by atoms with Gasteiger partial charge in [-0.05, 0) is 36.7 Å². The quantitative estimate of drug-likeness (QED) is 0.484. The third-order valence-electron chi connectivity index (χ3n) is 6.46. The molecule has 2 aromatic heterocycles. The lowest BCUT2D eigenvalue weighted by Crippen LogP contribution is -2.35. The Labute approximate surface area is 183 Å². The molecule has 0 radical (unpaired) electrons. The maximum absolute atomic E-state index is 14.1. The first-order chi connectivity index (χ1) is 15.2. The molecule has 1 aliphatic heterocycles. The van der Waals surface area contributed by atoms with Gasteiger partial charge in [0.25, 0.3) is 5.92 Å². The Bertz CT molecular complexity index is 1160. The van der Waals surface area contributed by atoms with Crippen LogP contribution in [0.25, 0.3) is 11.0 Å². The molecular formula is C22H25F2N5O3. The van der Waals surface area contributed by atoms with Gasteiger partial charge in [-0.25, -0.2) is 18.7 Å². The molecule has 3 heterocycles. The number of aliphatic hydroxyl groups excluding tert-OH is 2. The molecule has 1 aromatic carbocycles. The second-order valence-corrected chi connectivity index (χ2v) is 8.59. The summed E-state index contributed by atoms with van der Waals surface area (Å²) in [6, 6.07) is 4.11. The molecule has 0 spiro atoms. The second-order valence-electron chi connectivity index (χ2n) is 8.59. The van der Waals surface area contributed by atoms with Crippen molar-refractivity contribution in [1.82, 2.24) is 19.9 Å². The zero-order chi connectivity index (χ0) is 22.6. The Morgan fingerprint density at radius 1 is 1.25 bits per heavy atom. The minimum absolute atomic E-state index is 0.124. The number of anilines is 1. The number of benzene rings is 1. The van der Waals surface area contributed by atoms with Crippen molar-refractivity contribution in [3.63, 3.8) is 0 Å². The highest BCUT2D eigenvalue weighted by Crippen LogP contribution is 2.39. The molecule has 170 valence electrons. The third-order valence-corrected chi connectivity index (χ3v) is 6.46. The van der Waals surface area contributed by atoms with Gasteiger partial charge in [0.05, 0.1) is 11.4 Å². The number of nitrogens with zero attached hydrogens (tertiary/aromatic N) is 3. The third kappa shape index (κ3) is 3.48. The van der Waals surface area contributed by atoms with Crippen LogP contribution in [0, 0.1) is 0 Å². The summed E-state index contributed by atoms with van der Waals surface area (Å²) < 4.78 is 36.0. The van der Waals surface area contributed by atoms with Crippen LogP contribution in [0.15, 0.2) is 30.7 Å². The van der Waals surface area contributed by atoms with E-state index < -0.39 is 30.3 Å². The van der Waals surface area contributed by atoms with E-state index in [2.05, 4.69) is 15.3 Å². The zero-order valence-electron chi connectivity index (χ0n) is 17.5. The van der Waals surface area contributed by atoms with Gasteiger partial charge in [-0.15, -0.1) is 0 Å². The first-order valence-corrected chi connectivity index (χ1v) is 10.6. The van der Waals surface area contributed by atoms with Crippen LogP contribution in [0.3, 0.4) is 0 Å². The molecular weight excluding hydrogens is 420 g/mol. The van der Waals surface area contributed by atoms with Crippen molar-refractivity contribution in [3.05, 3.63) is 47.4 Å². The van der Waals surface area contributed by atoms with E-state index in [1.807, 2.05) is 0 Å². The van der Waals surface area contributed by atoms with Crippen molar-refractivity contribution in [2.75, 3.05) is 12.3 Å². The van der Waals surface area contributed by atoms with Gasteiger partial charge in [-0.2, -0.15) is 0 Å². The molecule has 5 N–H and O–H groups in total. The number of fused-ring (bicyclic) bond motifs is 2. The molecule has 32 heavy (non-hydrogen) atoms. The molecule has 2 aliphatic rings. The van der Waals surface area contributed by atoms with Crippen molar-refractivity contribution >= 4 is 16.9 Å². The van der Waals surface area contributed by atoms with Gasteiger partial charge >= 0.3 is 0 Å². The van der Waals surface area contributed by atoms with Crippen LogP contribution >= 0.6 is 0 Å². The maximum atomic E-state index is 14.1. The number of hydrogen-bond donors (Lipinski definition) is 4. The predicted octanol–water partition coefficient (Wildman–Crippen LogP) is 1.89. The van der Waals surface area contributed by atoms with Crippen LogP contribution in [0.2, 0.25) is 0 Å². The molecule has 10 heteroatoms. The van der Waals surface area contributed by atoms with Crippen LogP contribution in [-0.2, 0) is 18.9 Å². The van der Waals surface area contributed by atoms with E-state index in [0.29, 0.717) is 42.1 Å². The number of rotatable bonds is 4. The van der Waals surface area contributed by atoms with Crippen LogP contribution < -0.4 is 15.8 Å². The molecule has 0 bridgehead atoms. The summed E-state index contributed by atoms with van der Waals surface area (Å²) in [5.74, 6) is -2.38. The normalized spacial score (nSPS) is 25.8. The topological polar surface area (TPSA) is 118 Å². The zero-order valence-corrected chi connectivity index (χ0v) is 17.5. The fourth-order valence-electron chi connectivity index (χ4n) is 4.70. The Kier molecular flexibility index (Phi) is 5.03. The standard InChI is InChI=1S/C22H25F2N5O3/c1-22(23,24)12-6-11-2-4-26-9-14(11)16(7-12)32-17-8-15(18(30)19(17)31)29-5-3-13-20(25)27-10-28-21(13)29/h3,5-7,10,15,17-19,26,30-31H,2,4,8-9H2,1H3,(H2,25,27,28)/t15-,17+,18+,19-/m1/s1. The van der Waals surface area contributed by atoms with Gasteiger partial charge in [0.15, 0.2) is 0 Å². The predicted molar refractivity (Wildman–Crippen MR) is 113 cm³/mol. The Morgan fingerprint density at radius 3 is 2.84 bits per heavy atom. The fourth-order valence-corrected chi connectivity index (χ4v) is 4.70. The van der Waals surface area contributed by atoms with Crippen LogP contribution in [0.1, 0.15) is 36.1 Å². The summed E-state index contributed by atoms with van der Waals surface area (Å²) in [4.78, 5) is 8.23. The first-order valence-electron chi connectivity index (χ1n) is 10.6. The number of hydrogen-bond acceptors (Lipinski definition) is 7. The summed E-state index contributed by atoms with van der Waals surface area (Å²) in [6.45, 7) is 2.05. The summed E-state index contributed by atoms with van der Waals surface area (Å²) >= 11 is 0. The van der Waals surface area contributed by atoms with Crippen LogP contribution in [0.5, 0.6) is 5.75 Å². The minimum atomic E-state index is -3.02. The Hall–Kier alpha value is -2.82. The highest BCUT2D eigenvalue weighted by Gasteiger charge is 2.45. The van der Waals surface area contributed by atoms with Crippen molar-refractivity contribution < 1.29 is 23.7 Å². The van der Waals surface area contributed by atoms with E-state index in [1.54, 1.807) is 16.8 Å². The van der Waals surface area contributed by atoms with E-state index in [9.17, 15) is 19.0 Å². The number of aliphatic hydroxyl groups is 2. The first kappa shape index (κ1) is 21.0. The molecule has 8 nitrogen and oxygen atoms in total. The molecule has 3 aromatic rings. The lowest BCUT2D eigenvalue weighted by Gasteiger charge is -2.26. The van der Waals surface area contributed by atoms with Gasteiger partial charge in [-0.1, -0.05) is 0 Å². The summed E-state index contributed by atoms with van der Waals surface area (Å²) in [5.41, 5.74) is 7.94. The Balaban J connectivity index is 1.47. The number of nitrogens with two attached hydrogens (primary N) is 1. The number of nitrogen functional groups attached to an aromatic ring is 1. The van der Waals surface area contributed by atoms with Crippen molar-refractivity contribution in [2.24, 2.45) is 0 Å². The van der Waals surface area contributed by atoms with Crippen LogP contribution in [-0.4, -0.2) is 49.6 Å². The molecule has 1 saturated carbocycles. The number of alkyl halides is 2. The molecule has 0 amide bonds. The van der Waals surface area contributed by atoms with E-state index in [4.69, 9.17) is 10.5 Å². The smallest absolute Gasteiger partial charge is 0.270 e. The van der Waals surface area contributed by atoms with Gasteiger partial charge in [0, 0.05) is 37.2 Å². The average Bonchev–Trinajstić information content (AvgIpc) is 3.30. The molecule has 4 atom stereocenters. The SMILES string of the molecule is CC(F)(F)c1cc2c(c(O[C@H]3C[C@@H](n4ccc5c(N)ncnc54)[C@H](O)[C@@H]3O)c1)CNCC2. The van der Waals surface area contributed by atoms with Gasteiger partial charge in [-0.3, -0.25) is 0 Å². The second kappa shape index (κ2) is 7.65. The number of ether oxygens (including phenoxy) is 1. The van der Waals surface area contributed by atoms with Gasteiger partial charge in [0.1, 0.15) is 41.9 Å². The van der Waals surface area contributed by atoms with Crippen LogP contribution in [0.4, 0.5) is 14.6 Å². The molecule has 0 unspecified atom stereocenters. The minimum Gasteiger partial charge on any atom is -0.487 e. The number of halogens is 2. The summed E-state index contributed by atoms with van der Waals surface area (Å²) in [6.07, 6.45) is 0.859.